The first-order valence-corrected chi connectivity index (χ1v) is 6.86. The van der Waals surface area contributed by atoms with E-state index in [0.29, 0.717) is 13.0 Å². The third-order valence-electron chi connectivity index (χ3n) is 3.72. The fourth-order valence-corrected chi connectivity index (χ4v) is 2.34. The van der Waals surface area contributed by atoms with Gasteiger partial charge in [-0.05, 0) is 29.7 Å². The van der Waals surface area contributed by atoms with Crippen LogP contribution in [0.5, 0.6) is 0 Å². The van der Waals surface area contributed by atoms with E-state index < -0.39 is 5.54 Å². The number of hydrogen-bond acceptors (Lipinski definition) is 2. The highest BCUT2D eigenvalue weighted by molar-refractivity contribution is 5.26. The zero-order valence-electron chi connectivity index (χ0n) is 11.6. The van der Waals surface area contributed by atoms with Crippen molar-refractivity contribution < 1.29 is 9.50 Å². The molecule has 3 heteroatoms. The second-order valence-electron chi connectivity index (χ2n) is 4.94. The molecular weight excluding hydrogens is 253 g/mol. The molecule has 20 heavy (non-hydrogen) atoms. The third kappa shape index (κ3) is 3.24. The van der Waals surface area contributed by atoms with Gasteiger partial charge in [0.05, 0.1) is 12.1 Å². The fourth-order valence-electron chi connectivity index (χ4n) is 2.34. The van der Waals surface area contributed by atoms with Crippen LogP contribution in [-0.2, 0) is 12.1 Å². The van der Waals surface area contributed by atoms with Crippen LogP contribution in [0.15, 0.2) is 54.6 Å². The molecule has 0 amide bonds. The van der Waals surface area contributed by atoms with E-state index in [2.05, 4.69) is 5.32 Å². The largest absolute Gasteiger partial charge is 0.394 e. The average Bonchev–Trinajstić information content (AvgIpc) is 2.50. The fraction of sp³-hybridized carbons (Fsp3) is 0.294. The van der Waals surface area contributed by atoms with Crippen LogP contribution in [0.2, 0.25) is 0 Å². The molecule has 0 aliphatic heterocycles. The summed E-state index contributed by atoms with van der Waals surface area (Å²) in [6.45, 7) is 2.55. The van der Waals surface area contributed by atoms with Crippen LogP contribution < -0.4 is 5.32 Å². The number of benzene rings is 2. The first-order chi connectivity index (χ1) is 9.70. The molecule has 2 aromatic carbocycles. The quantitative estimate of drug-likeness (QED) is 0.847. The topological polar surface area (TPSA) is 32.3 Å². The summed E-state index contributed by atoms with van der Waals surface area (Å²) in [6, 6.07) is 16.4. The molecule has 1 atom stereocenters. The summed E-state index contributed by atoms with van der Waals surface area (Å²) in [5.41, 5.74) is 1.30. The van der Waals surface area contributed by atoms with E-state index in [1.54, 1.807) is 6.07 Å². The van der Waals surface area contributed by atoms with Crippen molar-refractivity contribution in [2.75, 3.05) is 6.61 Å². The van der Waals surface area contributed by atoms with Gasteiger partial charge in [-0.1, -0.05) is 49.4 Å². The Labute approximate surface area is 119 Å². The van der Waals surface area contributed by atoms with Gasteiger partial charge in [0.2, 0.25) is 0 Å². The van der Waals surface area contributed by atoms with E-state index in [4.69, 9.17) is 0 Å². The van der Waals surface area contributed by atoms with Gasteiger partial charge in [-0.15, -0.1) is 0 Å². The standard InChI is InChI=1S/C17H20FNO/c1-2-17(13-20,15-9-6-10-16(18)11-15)19-12-14-7-4-3-5-8-14/h3-11,19-20H,2,12-13H2,1H3. The molecular formula is C17H20FNO. The summed E-state index contributed by atoms with van der Waals surface area (Å²) in [4.78, 5) is 0. The summed E-state index contributed by atoms with van der Waals surface area (Å²) in [5.74, 6) is -0.282. The van der Waals surface area contributed by atoms with Crippen LogP contribution in [0.1, 0.15) is 24.5 Å². The molecule has 106 valence electrons. The third-order valence-corrected chi connectivity index (χ3v) is 3.72. The summed E-state index contributed by atoms with van der Waals surface area (Å²) < 4.78 is 13.4. The van der Waals surface area contributed by atoms with Gasteiger partial charge in [-0.25, -0.2) is 4.39 Å². The number of halogens is 1. The van der Waals surface area contributed by atoms with Gasteiger partial charge in [0.25, 0.3) is 0 Å². The van der Waals surface area contributed by atoms with Crippen molar-refractivity contribution in [2.24, 2.45) is 0 Å². The second kappa shape index (κ2) is 6.64. The van der Waals surface area contributed by atoms with Crippen LogP contribution in [0.3, 0.4) is 0 Å². The molecule has 2 nitrogen and oxygen atoms in total. The van der Waals surface area contributed by atoms with Gasteiger partial charge in [-0.3, -0.25) is 0 Å². The maximum atomic E-state index is 13.4. The monoisotopic (exact) mass is 273 g/mol. The Morgan fingerprint density at radius 1 is 1.10 bits per heavy atom. The first-order valence-electron chi connectivity index (χ1n) is 6.86. The van der Waals surface area contributed by atoms with Crippen molar-refractivity contribution in [3.8, 4) is 0 Å². The Morgan fingerprint density at radius 2 is 1.85 bits per heavy atom. The molecule has 0 aliphatic rings. The molecule has 0 saturated heterocycles. The van der Waals surface area contributed by atoms with Crippen LogP contribution in [0.25, 0.3) is 0 Å². The molecule has 0 bridgehead atoms. The van der Waals surface area contributed by atoms with Gasteiger partial charge in [-0.2, -0.15) is 0 Å². The normalized spacial score (nSPS) is 13.9. The summed E-state index contributed by atoms with van der Waals surface area (Å²) in [5, 5.41) is 13.2. The molecule has 0 saturated carbocycles. The summed E-state index contributed by atoms with van der Waals surface area (Å²) in [7, 11) is 0. The van der Waals surface area contributed by atoms with E-state index >= 15 is 0 Å². The summed E-state index contributed by atoms with van der Waals surface area (Å²) in [6.07, 6.45) is 0.680. The smallest absolute Gasteiger partial charge is 0.123 e. The van der Waals surface area contributed by atoms with Crippen molar-refractivity contribution in [3.63, 3.8) is 0 Å². The molecule has 0 heterocycles. The van der Waals surface area contributed by atoms with Crippen molar-refractivity contribution in [1.82, 2.24) is 5.32 Å². The lowest BCUT2D eigenvalue weighted by Gasteiger charge is -2.33. The van der Waals surface area contributed by atoms with Gasteiger partial charge in [0.1, 0.15) is 5.82 Å². The van der Waals surface area contributed by atoms with Gasteiger partial charge < -0.3 is 10.4 Å². The van der Waals surface area contributed by atoms with E-state index in [9.17, 15) is 9.50 Å². The predicted octanol–water partition coefficient (Wildman–Crippen LogP) is 3.21. The number of hydrogen-bond donors (Lipinski definition) is 2. The second-order valence-corrected chi connectivity index (χ2v) is 4.94. The Hall–Kier alpha value is -1.71. The Morgan fingerprint density at radius 3 is 2.45 bits per heavy atom. The molecule has 2 N–H and O–H groups in total. The maximum absolute atomic E-state index is 13.4. The van der Waals surface area contributed by atoms with Crippen LogP contribution in [0, 0.1) is 5.82 Å². The highest BCUT2D eigenvalue weighted by atomic mass is 19.1. The molecule has 0 fully saturated rings. The van der Waals surface area contributed by atoms with Crippen molar-refractivity contribution >= 4 is 0 Å². The van der Waals surface area contributed by atoms with Gasteiger partial charge >= 0.3 is 0 Å². The lowest BCUT2D eigenvalue weighted by Crippen LogP contribution is -2.44. The Bertz CT molecular complexity index is 538. The predicted molar refractivity (Wildman–Crippen MR) is 78.7 cm³/mol. The molecule has 0 aromatic heterocycles. The van der Waals surface area contributed by atoms with Gasteiger partial charge in [0.15, 0.2) is 0 Å². The van der Waals surface area contributed by atoms with Crippen LogP contribution >= 0.6 is 0 Å². The van der Waals surface area contributed by atoms with E-state index in [1.807, 2.05) is 43.3 Å². The number of nitrogens with one attached hydrogen (secondary N) is 1. The summed E-state index contributed by atoms with van der Waals surface area (Å²) >= 11 is 0. The zero-order chi connectivity index (χ0) is 14.4. The lowest BCUT2D eigenvalue weighted by atomic mass is 9.87. The molecule has 1 unspecified atom stereocenters. The number of aliphatic hydroxyl groups excluding tert-OH is 1. The highest BCUT2D eigenvalue weighted by Crippen LogP contribution is 2.25. The number of rotatable bonds is 6. The lowest BCUT2D eigenvalue weighted by molar-refractivity contribution is 0.153. The Kier molecular flexibility index (Phi) is 4.88. The minimum absolute atomic E-state index is 0.0697. The van der Waals surface area contributed by atoms with Gasteiger partial charge in [0, 0.05) is 6.54 Å². The van der Waals surface area contributed by atoms with E-state index in [-0.39, 0.29) is 12.4 Å². The number of aliphatic hydroxyl groups is 1. The van der Waals surface area contributed by atoms with Crippen molar-refractivity contribution in [1.29, 1.82) is 0 Å². The maximum Gasteiger partial charge on any atom is 0.123 e. The minimum Gasteiger partial charge on any atom is -0.394 e. The minimum atomic E-state index is -0.613. The van der Waals surface area contributed by atoms with Crippen molar-refractivity contribution in [3.05, 3.63) is 71.5 Å². The molecule has 0 radical (unpaired) electrons. The first kappa shape index (κ1) is 14.7. The highest BCUT2D eigenvalue weighted by Gasteiger charge is 2.29. The molecule has 0 spiro atoms. The van der Waals surface area contributed by atoms with E-state index in [0.717, 1.165) is 11.1 Å². The van der Waals surface area contributed by atoms with Crippen LogP contribution in [-0.4, -0.2) is 11.7 Å². The van der Waals surface area contributed by atoms with E-state index in [1.165, 1.54) is 12.1 Å². The molecule has 2 aromatic rings. The molecule has 2 rings (SSSR count). The van der Waals surface area contributed by atoms with Crippen molar-refractivity contribution in [2.45, 2.75) is 25.4 Å². The molecule has 0 aliphatic carbocycles. The van der Waals surface area contributed by atoms with Crippen LogP contribution in [0.4, 0.5) is 4.39 Å². The SMILES string of the molecule is CCC(CO)(NCc1ccccc1)c1cccc(F)c1. The zero-order valence-corrected chi connectivity index (χ0v) is 11.6. The average molecular weight is 273 g/mol. The Balaban J connectivity index is 2.21.